The van der Waals surface area contributed by atoms with Gasteiger partial charge in [-0.3, -0.25) is 9.59 Å². The van der Waals surface area contributed by atoms with Crippen molar-refractivity contribution in [1.82, 2.24) is 9.80 Å². The van der Waals surface area contributed by atoms with Crippen molar-refractivity contribution >= 4 is 23.2 Å². The van der Waals surface area contributed by atoms with Crippen molar-refractivity contribution in [2.75, 3.05) is 26.2 Å². The van der Waals surface area contributed by atoms with Crippen LogP contribution in [0, 0.1) is 0 Å². The predicted octanol–water partition coefficient (Wildman–Crippen LogP) is 1.16. The Kier molecular flexibility index (Phi) is 4.45. The van der Waals surface area contributed by atoms with Gasteiger partial charge in [0.1, 0.15) is 0 Å². The SMILES string of the molecule is CC(C)(N)CC(=O)N1CCN(C(=O)c2cccs2)CC1. The largest absolute Gasteiger partial charge is 0.339 e. The fourth-order valence-electron chi connectivity index (χ4n) is 2.22. The number of piperazine rings is 1. The Hall–Kier alpha value is -1.40. The maximum absolute atomic E-state index is 12.2. The van der Waals surface area contributed by atoms with Crippen LogP contribution >= 0.6 is 11.3 Å². The Morgan fingerprint density at radius 2 is 1.85 bits per heavy atom. The van der Waals surface area contributed by atoms with Crippen molar-refractivity contribution in [3.05, 3.63) is 22.4 Å². The van der Waals surface area contributed by atoms with E-state index in [0.29, 0.717) is 32.6 Å². The van der Waals surface area contributed by atoms with Gasteiger partial charge in [0.15, 0.2) is 0 Å². The molecule has 2 heterocycles. The molecular weight excluding hydrogens is 274 g/mol. The summed E-state index contributed by atoms with van der Waals surface area (Å²) in [5.74, 6) is 0.131. The maximum atomic E-state index is 12.2. The van der Waals surface area contributed by atoms with Crippen LogP contribution < -0.4 is 5.73 Å². The van der Waals surface area contributed by atoms with E-state index in [2.05, 4.69) is 0 Å². The second-order valence-corrected chi connectivity index (χ2v) is 6.76. The molecular formula is C14H21N3O2S. The number of nitrogens with zero attached hydrogens (tertiary/aromatic N) is 2. The van der Waals surface area contributed by atoms with Gasteiger partial charge in [-0.15, -0.1) is 11.3 Å². The first-order valence-electron chi connectivity index (χ1n) is 6.76. The van der Waals surface area contributed by atoms with Gasteiger partial charge < -0.3 is 15.5 Å². The molecule has 0 spiro atoms. The predicted molar refractivity (Wildman–Crippen MR) is 79.7 cm³/mol. The van der Waals surface area contributed by atoms with E-state index in [1.165, 1.54) is 11.3 Å². The highest BCUT2D eigenvalue weighted by atomic mass is 32.1. The van der Waals surface area contributed by atoms with Crippen LogP contribution in [0.25, 0.3) is 0 Å². The Labute approximate surface area is 123 Å². The van der Waals surface area contributed by atoms with Crippen LogP contribution in [0.1, 0.15) is 29.9 Å². The van der Waals surface area contributed by atoms with Crippen LogP contribution in [0.2, 0.25) is 0 Å². The first-order valence-corrected chi connectivity index (χ1v) is 7.64. The Balaban J connectivity index is 1.86. The van der Waals surface area contributed by atoms with E-state index >= 15 is 0 Å². The highest BCUT2D eigenvalue weighted by molar-refractivity contribution is 7.12. The van der Waals surface area contributed by atoms with Gasteiger partial charge in [-0.25, -0.2) is 0 Å². The van der Waals surface area contributed by atoms with Gasteiger partial charge in [0.25, 0.3) is 5.91 Å². The first kappa shape index (κ1) is 15.0. The van der Waals surface area contributed by atoms with E-state index in [0.717, 1.165) is 4.88 Å². The average Bonchev–Trinajstić information content (AvgIpc) is 2.90. The van der Waals surface area contributed by atoms with Crippen LogP contribution in [-0.2, 0) is 4.79 Å². The molecule has 0 saturated carbocycles. The zero-order chi connectivity index (χ0) is 14.8. The average molecular weight is 295 g/mol. The molecule has 110 valence electrons. The topological polar surface area (TPSA) is 66.6 Å². The third-order valence-corrected chi connectivity index (χ3v) is 4.12. The Morgan fingerprint density at radius 3 is 2.35 bits per heavy atom. The lowest BCUT2D eigenvalue weighted by Crippen LogP contribution is -2.52. The van der Waals surface area contributed by atoms with Gasteiger partial charge in [-0.2, -0.15) is 0 Å². The fourth-order valence-corrected chi connectivity index (χ4v) is 2.91. The smallest absolute Gasteiger partial charge is 0.264 e. The molecule has 0 radical (unpaired) electrons. The molecule has 0 bridgehead atoms. The highest BCUT2D eigenvalue weighted by Gasteiger charge is 2.27. The third kappa shape index (κ3) is 3.80. The maximum Gasteiger partial charge on any atom is 0.264 e. The van der Waals surface area contributed by atoms with Crippen molar-refractivity contribution in [3.8, 4) is 0 Å². The third-order valence-electron chi connectivity index (χ3n) is 3.26. The molecule has 2 amide bonds. The standard InChI is InChI=1S/C14H21N3O2S/c1-14(2,15)10-12(18)16-5-7-17(8-6-16)13(19)11-4-3-9-20-11/h3-4,9H,5-8,10,15H2,1-2H3. The summed E-state index contributed by atoms with van der Waals surface area (Å²) >= 11 is 1.45. The number of carbonyl (C=O) groups excluding carboxylic acids is 2. The van der Waals surface area contributed by atoms with E-state index in [1.54, 1.807) is 4.90 Å². The molecule has 0 unspecified atom stereocenters. The van der Waals surface area contributed by atoms with Crippen LogP contribution in [0.15, 0.2) is 17.5 Å². The number of thiophene rings is 1. The van der Waals surface area contributed by atoms with Crippen molar-refractivity contribution in [2.24, 2.45) is 5.73 Å². The summed E-state index contributed by atoms with van der Waals surface area (Å²) in [6.45, 7) is 6.06. The molecule has 0 aliphatic carbocycles. The van der Waals surface area contributed by atoms with Gasteiger partial charge in [-0.05, 0) is 25.3 Å². The zero-order valence-corrected chi connectivity index (χ0v) is 12.8. The number of amides is 2. The summed E-state index contributed by atoms with van der Waals surface area (Å²) in [5.41, 5.74) is 5.39. The number of nitrogens with two attached hydrogens (primary N) is 1. The van der Waals surface area contributed by atoms with Gasteiger partial charge in [0, 0.05) is 38.1 Å². The molecule has 1 aromatic rings. The summed E-state index contributed by atoms with van der Waals surface area (Å²) < 4.78 is 0. The molecule has 1 aromatic heterocycles. The van der Waals surface area contributed by atoms with Gasteiger partial charge >= 0.3 is 0 Å². The number of rotatable bonds is 3. The molecule has 1 aliphatic rings. The molecule has 1 aliphatic heterocycles. The van der Waals surface area contributed by atoms with E-state index in [9.17, 15) is 9.59 Å². The quantitative estimate of drug-likeness (QED) is 0.910. The van der Waals surface area contributed by atoms with E-state index in [1.807, 2.05) is 36.3 Å². The minimum absolute atomic E-state index is 0.0613. The van der Waals surface area contributed by atoms with Crippen LogP contribution in [0.4, 0.5) is 0 Å². The number of hydrogen-bond acceptors (Lipinski definition) is 4. The molecule has 2 rings (SSSR count). The van der Waals surface area contributed by atoms with Crippen LogP contribution in [0.3, 0.4) is 0 Å². The Morgan fingerprint density at radius 1 is 1.25 bits per heavy atom. The number of hydrogen-bond donors (Lipinski definition) is 1. The fraction of sp³-hybridized carbons (Fsp3) is 0.571. The lowest BCUT2D eigenvalue weighted by atomic mass is 10.0. The molecule has 5 nitrogen and oxygen atoms in total. The minimum Gasteiger partial charge on any atom is -0.339 e. The lowest BCUT2D eigenvalue weighted by molar-refractivity contribution is -0.133. The number of carbonyl (C=O) groups is 2. The molecule has 1 fully saturated rings. The molecule has 2 N–H and O–H groups in total. The lowest BCUT2D eigenvalue weighted by Gasteiger charge is -2.35. The molecule has 6 heteroatoms. The van der Waals surface area contributed by atoms with Gasteiger partial charge in [0.05, 0.1) is 4.88 Å². The highest BCUT2D eigenvalue weighted by Crippen LogP contribution is 2.15. The minimum atomic E-state index is -0.485. The van der Waals surface area contributed by atoms with Crippen molar-refractivity contribution < 1.29 is 9.59 Å². The summed E-state index contributed by atoms with van der Waals surface area (Å²) in [4.78, 5) is 28.6. The second-order valence-electron chi connectivity index (χ2n) is 5.82. The molecule has 0 aromatic carbocycles. The summed E-state index contributed by atoms with van der Waals surface area (Å²) in [7, 11) is 0. The van der Waals surface area contributed by atoms with Gasteiger partial charge in [-0.1, -0.05) is 6.07 Å². The van der Waals surface area contributed by atoms with Crippen LogP contribution in [-0.4, -0.2) is 53.3 Å². The Bertz CT molecular complexity index is 471. The van der Waals surface area contributed by atoms with E-state index in [4.69, 9.17) is 5.73 Å². The van der Waals surface area contributed by atoms with Crippen LogP contribution in [0.5, 0.6) is 0 Å². The molecule has 0 atom stereocenters. The molecule has 20 heavy (non-hydrogen) atoms. The van der Waals surface area contributed by atoms with Crippen molar-refractivity contribution in [2.45, 2.75) is 25.8 Å². The zero-order valence-electron chi connectivity index (χ0n) is 12.0. The summed E-state index contributed by atoms with van der Waals surface area (Å²) in [6.07, 6.45) is 0.339. The monoisotopic (exact) mass is 295 g/mol. The van der Waals surface area contributed by atoms with E-state index < -0.39 is 5.54 Å². The van der Waals surface area contributed by atoms with Crippen molar-refractivity contribution in [3.63, 3.8) is 0 Å². The molecule has 1 saturated heterocycles. The summed E-state index contributed by atoms with van der Waals surface area (Å²) in [6, 6.07) is 3.71. The second kappa shape index (κ2) is 5.93. The normalized spacial score (nSPS) is 16.4. The van der Waals surface area contributed by atoms with E-state index in [-0.39, 0.29) is 11.8 Å². The summed E-state index contributed by atoms with van der Waals surface area (Å²) in [5, 5.41) is 1.90. The van der Waals surface area contributed by atoms with Gasteiger partial charge in [0.2, 0.25) is 5.91 Å². The first-order chi connectivity index (χ1) is 9.37. The van der Waals surface area contributed by atoms with Crippen molar-refractivity contribution in [1.29, 1.82) is 0 Å².